The van der Waals surface area contributed by atoms with Gasteiger partial charge in [-0.2, -0.15) is 0 Å². The Kier molecular flexibility index (Phi) is 2.88. The van der Waals surface area contributed by atoms with Gasteiger partial charge in [0.1, 0.15) is 6.54 Å². The molecule has 1 aliphatic rings. The summed E-state index contributed by atoms with van der Waals surface area (Å²) in [6.45, 7) is 3.70. The van der Waals surface area contributed by atoms with E-state index in [-0.39, 0.29) is 18.4 Å². The summed E-state index contributed by atoms with van der Waals surface area (Å²) in [6.07, 6.45) is 0. The van der Waals surface area contributed by atoms with Crippen molar-refractivity contribution in [2.24, 2.45) is 0 Å². The van der Waals surface area contributed by atoms with Crippen LogP contribution in [-0.2, 0) is 20.9 Å². The van der Waals surface area contributed by atoms with E-state index in [0.29, 0.717) is 6.54 Å². The Morgan fingerprint density at radius 1 is 1.24 bits per heavy atom. The van der Waals surface area contributed by atoms with Crippen LogP contribution in [-0.4, -0.2) is 28.9 Å². The number of benzene rings is 1. The van der Waals surface area contributed by atoms with Crippen LogP contribution in [0.15, 0.2) is 30.3 Å². The van der Waals surface area contributed by atoms with E-state index in [1.54, 1.807) is 13.8 Å². The van der Waals surface area contributed by atoms with Gasteiger partial charge in [-0.1, -0.05) is 30.3 Å². The van der Waals surface area contributed by atoms with Crippen LogP contribution in [0.4, 0.5) is 0 Å². The molecule has 1 aromatic carbocycles. The number of hydrogen-bond donors (Lipinski definition) is 0. The smallest absolute Gasteiger partial charge is 0.326 e. The first-order valence-electron chi connectivity index (χ1n) is 5.54. The van der Waals surface area contributed by atoms with Gasteiger partial charge < -0.3 is 9.64 Å². The average molecular weight is 233 g/mol. The zero-order valence-corrected chi connectivity index (χ0v) is 9.97. The molecule has 1 saturated heterocycles. The summed E-state index contributed by atoms with van der Waals surface area (Å²) >= 11 is 0. The normalized spacial score (nSPS) is 19.1. The molecule has 0 unspecified atom stereocenters. The Bertz CT molecular complexity index is 439. The molecular weight excluding hydrogens is 218 g/mol. The van der Waals surface area contributed by atoms with Gasteiger partial charge in [0.15, 0.2) is 5.60 Å². The number of carbonyl (C=O) groups excluding carboxylic acids is 2. The molecule has 1 fully saturated rings. The summed E-state index contributed by atoms with van der Waals surface area (Å²) in [7, 11) is 0. The SMILES string of the molecule is CC1(C)OC(=O)CN(Cc2ccccc2)C1=O. The van der Waals surface area contributed by atoms with Crippen molar-refractivity contribution in [2.75, 3.05) is 6.54 Å². The lowest BCUT2D eigenvalue weighted by Gasteiger charge is -2.36. The number of esters is 1. The highest BCUT2D eigenvalue weighted by atomic mass is 16.6. The van der Waals surface area contributed by atoms with Crippen LogP contribution in [0.25, 0.3) is 0 Å². The monoisotopic (exact) mass is 233 g/mol. The molecule has 0 radical (unpaired) electrons. The Labute approximate surface area is 100 Å². The Morgan fingerprint density at radius 3 is 2.53 bits per heavy atom. The second-order valence-electron chi connectivity index (χ2n) is 4.63. The number of nitrogens with zero attached hydrogens (tertiary/aromatic N) is 1. The molecule has 0 N–H and O–H groups in total. The highest BCUT2D eigenvalue weighted by Gasteiger charge is 2.41. The van der Waals surface area contributed by atoms with E-state index < -0.39 is 5.60 Å². The number of hydrogen-bond acceptors (Lipinski definition) is 3. The largest absolute Gasteiger partial charge is 0.448 e. The van der Waals surface area contributed by atoms with Crippen LogP contribution >= 0.6 is 0 Å². The molecule has 2 rings (SSSR count). The van der Waals surface area contributed by atoms with Crippen LogP contribution in [0.1, 0.15) is 19.4 Å². The third-order valence-corrected chi connectivity index (χ3v) is 2.71. The van der Waals surface area contributed by atoms with Gasteiger partial charge >= 0.3 is 5.97 Å². The van der Waals surface area contributed by atoms with E-state index in [9.17, 15) is 9.59 Å². The standard InChI is InChI=1S/C13H15NO3/c1-13(2)12(16)14(9-11(15)17-13)8-10-6-4-3-5-7-10/h3-7H,8-9H2,1-2H3. The topological polar surface area (TPSA) is 46.6 Å². The lowest BCUT2D eigenvalue weighted by atomic mass is 10.1. The minimum Gasteiger partial charge on any atom is -0.448 e. The number of morpholine rings is 1. The van der Waals surface area contributed by atoms with Crippen LogP contribution in [0.5, 0.6) is 0 Å². The lowest BCUT2D eigenvalue weighted by Crippen LogP contribution is -2.55. The van der Waals surface area contributed by atoms with Gasteiger partial charge in [0.2, 0.25) is 0 Å². The van der Waals surface area contributed by atoms with Gasteiger partial charge in [-0.25, -0.2) is 0 Å². The minimum atomic E-state index is -1.05. The fourth-order valence-corrected chi connectivity index (χ4v) is 1.90. The van der Waals surface area contributed by atoms with Crippen molar-refractivity contribution in [3.63, 3.8) is 0 Å². The summed E-state index contributed by atoms with van der Waals surface area (Å²) in [5, 5.41) is 0. The molecule has 0 spiro atoms. The van der Waals surface area contributed by atoms with Gasteiger partial charge in [0, 0.05) is 6.54 Å². The van der Waals surface area contributed by atoms with Gasteiger partial charge in [0.05, 0.1) is 0 Å². The highest BCUT2D eigenvalue weighted by Crippen LogP contribution is 2.20. The predicted octanol–water partition coefficient (Wildman–Crippen LogP) is 1.35. The number of cyclic esters (lactones) is 1. The van der Waals surface area contributed by atoms with Crippen molar-refractivity contribution < 1.29 is 14.3 Å². The summed E-state index contributed by atoms with van der Waals surface area (Å²) in [4.78, 5) is 25.0. The summed E-state index contributed by atoms with van der Waals surface area (Å²) < 4.78 is 5.02. The van der Waals surface area contributed by atoms with Crippen LogP contribution in [0.2, 0.25) is 0 Å². The molecule has 1 aliphatic heterocycles. The van der Waals surface area contributed by atoms with Gasteiger partial charge in [0.25, 0.3) is 5.91 Å². The number of ether oxygens (including phenoxy) is 1. The van der Waals surface area contributed by atoms with E-state index >= 15 is 0 Å². The van der Waals surface area contributed by atoms with Crippen LogP contribution in [0.3, 0.4) is 0 Å². The van der Waals surface area contributed by atoms with E-state index in [1.807, 2.05) is 30.3 Å². The molecule has 0 atom stereocenters. The maximum absolute atomic E-state index is 12.0. The Balaban J connectivity index is 2.15. The number of rotatable bonds is 2. The molecule has 90 valence electrons. The first-order chi connectivity index (χ1) is 7.99. The third-order valence-electron chi connectivity index (χ3n) is 2.71. The number of amides is 1. The molecule has 0 saturated carbocycles. The van der Waals surface area contributed by atoms with E-state index in [1.165, 1.54) is 4.90 Å². The van der Waals surface area contributed by atoms with Crippen molar-refractivity contribution in [1.29, 1.82) is 0 Å². The summed E-state index contributed by atoms with van der Waals surface area (Å²) in [5.74, 6) is -0.508. The molecule has 1 amide bonds. The van der Waals surface area contributed by atoms with Crippen molar-refractivity contribution in [1.82, 2.24) is 4.90 Å². The van der Waals surface area contributed by atoms with Gasteiger partial charge in [-0.05, 0) is 19.4 Å². The Hall–Kier alpha value is -1.84. The van der Waals surface area contributed by atoms with E-state index in [2.05, 4.69) is 0 Å². The molecule has 4 heteroatoms. The van der Waals surface area contributed by atoms with Crippen molar-refractivity contribution in [3.8, 4) is 0 Å². The van der Waals surface area contributed by atoms with Gasteiger partial charge in [-0.3, -0.25) is 9.59 Å². The fraction of sp³-hybridized carbons (Fsp3) is 0.385. The molecule has 0 bridgehead atoms. The third kappa shape index (κ3) is 2.46. The second-order valence-corrected chi connectivity index (χ2v) is 4.63. The molecular formula is C13H15NO3. The first kappa shape index (κ1) is 11.6. The zero-order valence-electron chi connectivity index (χ0n) is 9.97. The average Bonchev–Trinajstić information content (AvgIpc) is 2.26. The van der Waals surface area contributed by atoms with Crippen molar-refractivity contribution >= 4 is 11.9 Å². The lowest BCUT2D eigenvalue weighted by molar-refractivity contribution is -0.182. The predicted molar refractivity (Wildman–Crippen MR) is 62.0 cm³/mol. The molecule has 17 heavy (non-hydrogen) atoms. The zero-order chi connectivity index (χ0) is 12.5. The first-order valence-corrected chi connectivity index (χ1v) is 5.54. The fourth-order valence-electron chi connectivity index (χ4n) is 1.90. The van der Waals surface area contributed by atoms with Crippen LogP contribution < -0.4 is 0 Å². The van der Waals surface area contributed by atoms with Crippen molar-refractivity contribution in [2.45, 2.75) is 26.0 Å². The minimum absolute atomic E-state index is 0.0250. The Morgan fingerprint density at radius 2 is 1.88 bits per heavy atom. The molecule has 1 aromatic rings. The van der Waals surface area contributed by atoms with Gasteiger partial charge in [-0.15, -0.1) is 0 Å². The van der Waals surface area contributed by atoms with Crippen molar-refractivity contribution in [3.05, 3.63) is 35.9 Å². The molecule has 4 nitrogen and oxygen atoms in total. The quantitative estimate of drug-likeness (QED) is 0.724. The summed E-state index contributed by atoms with van der Waals surface area (Å²) in [6, 6.07) is 9.60. The van der Waals surface area contributed by atoms with E-state index in [0.717, 1.165) is 5.56 Å². The summed E-state index contributed by atoms with van der Waals surface area (Å²) in [5.41, 5.74) is -0.0456. The second kappa shape index (κ2) is 4.20. The number of carbonyl (C=O) groups is 2. The van der Waals surface area contributed by atoms with Crippen LogP contribution in [0, 0.1) is 0 Å². The molecule has 0 aromatic heterocycles. The molecule has 1 heterocycles. The maximum Gasteiger partial charge on any atom is 0.326 e. The molecule has 0 aliphatic carbocycles. The van der Waals surface area contributed by atoms with E-state index in [4.69, 9.17) is 4.74 Å². The highest BCUT2D eigenvalue weighted by molar-refractivity contribution is 5.93. The maximum atomic E-state index is 12.0.